The highest BCUT2D eigenvalue weighted by molar-refractivity contribution is 6.01. The number of carbonyl (C=O) groups is 1. The molecule has 0 bridgehead atoms. The lowest BCUT2D eigenvalue weighted by atomic mass is 10.1. The van der Waals surface area contributed by atoms with Crippen molar-refractivity contribution in [2.75, 3.05) is 13.1 Å². The van der Waals surface area contributed by atoms with Crippen LogP contribution in [-0.2, 0) is 0 Å². The minimum atomic E-state index is 0.0175. The maximum Gasteiger partial charge on any atom is 0.253 e. The van der Waals surface area contributed by atoms with Crippen molar-refractivity contribution in [2.45, 2.75) is 26.2 Å². The van der Waals surface area contributed by atoms with Crippen LogP contribution in [0.5, 0.6) is 0 Å². The van der Waals surface area contributed by atoms with Crippen LogP contribution in [0.4, 0.5) is 0 Å². The van der Waals surface area contributed by atoms with Gasteiger partial charge in [0, 0.05) is 24.2 Å². The van der Waals surface area contributed by atoms with Crippen LogP contribution in [0, 0.1) is 5.92 Å². The number of oxime groups is 1. The monoisotopic (exact) mass is 275 g/mol. The lowest BCUT2D eigenvalue weighted by Crippen LogP contribution is -2.33. The Bertz CT molecular complexity index is 510. The zero-order valence-corrected chi connectivity index (χ0v) is 11.7. The van der Waals surface area contributed by atoms with Gasteiger partial charge in [-0.05, 0) is 37.3 Å². The summed E-state index contributed by atoms with van der Waals surface area (Å²) in [6, 6.07) is 6.91. The van der Waals surface area contributed by atoms with Crippen molar-refractivity contribution in [1.29, 1.82) is 0 Å². The van der Waals surface area contributed by atoms with Gasteiger partial charge in [0.25, 0.3) is 5.91 Å². The Morgan fingerprint density at radius 1 is 1.45 bits per heavy atom. The second kappa shape index (κ2) is 6.41. The van der Waals surface area contributed by atoms with Crippen molar-refractivity contribution in [3.05, 3.63) is 35.4 Å². The van der Waals surface area contributed by atoms with Crippen molar-refractivity contribution >= 4 is 11.7 Å². The summed E-state index contributed by atoms with van der Waals surface area (Å²) in [6.07, 6.45) is 3.38. The summed E-state index contributed by atoms with van der Waals surface area (Å²) in [7, 11) is 0. The number of amides is 1. The van der Waals surface area contributed by atoms with Crippen LogP contribution in [0.3, 0.4) is 0 Å². The summed E-state index contributed by atoms with van der Waals surface area (Å²) >= 11 is 0. The van der Waals surface area contributed by atoms with Gasteiger partial charge in [0.05, 0.1) is 0 Å². The van der Waals surface area contributed by atoms with Gasteiger partial charge in [-0.25, -0.2) is 0 Å². The Kier molecular flexibility index (Phi) is 4.61. The molecule has 5 heteroatoms. The molecule has 5 nitrogen and oxygen atoms in total. The van der Waals surface area contributed by atoms with E-state index in [0.717, 1.165) is 19.5 Å². The van der Waals surface area contributed by atoms with Crippen molar-refractivity contribution in [3.8, 4) is 0 Å². The number of carbonyl (C=O) groups excluding carboxylic acids is 1. The van der Waals surface area contributed by atoms with Crippen LogP contribution in [-0.4, -0.2) is 34.9 Å². The van der Waals surface area contributed by atoms with Gasteiger partial charge in [0.2, 0.25) is 0 Å². The Balaban J connectivity index is 2.17. The van der Waals surface area contributed by atoms with Crippen molar-refractivity contribution in [2.24, 2.45) is 16.8 Å². The average molecular weight is 275 g/mol. The zero-order chi connectivity index (χ0) is 14.5. The highest BCUT2D eigenvalue weighted by Gasteiger charge is 2.26. The van der Waals surface area contributed by atoms with Crippen molar-refractivity contribution < 1.29 is 10.0 Å². The zero-order valence-electron chi connectivity index (χ0n) is 11.7. The van der Waals surface area contributed by atoms with Crippen LogP contribution in [0.1, 0.15) is 42.1 Å². The number of nitrogens with two attached hydrogens (primary N) is 1. The summed E-state index contributed by atoms with van der Waals surface area (Å²) in [4.78, 5) is 14.4. The molecule has 1 aliphatic rings. The van der Waals surface area contributed by atoms with E-state index >= 15 is 0 Å². The second-order valence-electron chi connectivity index (χ2n) is 5.26. The number of hydrogen-bond donors (Lipinski definition) is 2. The molecule has 0 radical (unpaired) electrons. The molecule has 1 aromatic rings. The molecule has 0 spiro atoms. The molecule has 20 heavy (non-hydrogen) atoms. The molecular weight excluding hydrogens is 254 g/mol. The molecule has 0 heterocycles. The van der Waals surface area contributed by atoms with E-state index in [9.17, 15) is 4.79 Å². The number of benzene rings is 1. The Hall–Kier alpha value is -2.04. The quantitative estimate of drug-likeness (QED) is 0.361. The van der Waals surface area contributed by atoms with Gasteiger partial charge in [0.15, 0.2) is 5.84 Å². The molecule has 2 rings (SSSR count). The van der Waals surface area contributed by atoms with Gasteiger partial charge >= 0.3 is 0 Å². The van der Waals surface area contributed by atoms with E-state index in [4.69, 9.17) is 10.9 Å². The largest absolute Gasteiger partial charge is 0.409 e. The molecule has 0 aromatic heterocycles. The maximum atomic E-state index is 12.5. The van der Waals surface area contributed by atoms with Crippen LogP contribution in [0.15, 0.2) is 29.4 Å². The molecular formula is C15H21N3O2. The van der Waals surface area contributed by atoms with Crippen LogP contribution in [0.2, 0.25) is 0 Å². The van der Waals surface area contributed by atoms with Gasteiger partial charge in [0.1, 0.15) is 0 Å². The molecule has 0 saturated heterocycles. The maximum absolute atomic E-state index is 12.5. The van der Waals surface area contributed by atoms with Crippen LogP contribution < -0.4 is 5.73 Å². The normalized spacial score (nSPS) is 15.2. The van der Waals surface area contributed by atoms with E-state index in [2.05, 4.69) is 12.1 Å². The van der Waals surface area contributed by atoms with Crippen molar-refractivity contribution in [1.82, 2.24) is 4.90 Å². The molecule has 108 valence electrons. The SMILES string of the molecule is CCCN(CC1CC1)C(=O)c1cccc(C(N)=NO)c1. The molecule has 0 aliphatic heterocycles. The lowest BCUT2D eigenvalue weighted by Gasteiger charge is -2.22. The van der Waals surface area contributed by atoms with E-state index < -0.39 is 0 Å². The average Bonchev–Trinajstić information content (AvgIpc) is 3.29. The third-order valence-electron chi connectivity index (χ3n) is 3.47. The molecule has 3 N–H and O–H groups in total. The number of rotatable bonds is 6. The highest BCUT2D eigenvalue weighted by atomic mass is 16.4. The van der Waals surface area contributed by atoms with Gasteiger partial charge in [-0.3, -0.25) is 4.79 Å². The molecule has 1 aliphatic carbocycles. The standard InChI is InChI=1S/C15H21N3O2/c1-2-8-18(10-11-6-7-11)15(19)13-5-3-4-12(9-13)14(16)17-20/h3-5,9,11,20H,2,6-8,10H2,1H3,(H2,16,17). The van der Waals surface area contributed by atoms with Gasteiger partial charge in [-0.1, -0.05) is 24.2 Å². The van der Waals surface area contributed by atoms with E-state index in [1.54, 1.807) is 24.3 Å². The van der Waals surface area contributed by atoms with Crippen molar-refractivity contribution in [3.63, 3.8) is 0 Å². The molecule has 1 saturated carbocycles. The summed E-state index contributed by atoms with van der Waals surface area (Å²) < 4.78 is 0. The van der Waals surface area contributed by atoms with E-state index in [1.165, 1.54) is 12.8 Å². The smallest absolute Gasteiger partial charge is 0.253 e. The predicted molar refractivity (Wildman–Crippen MR) is 77.9 cm³/mol. The summed E-state index contributed by atoms with van der Waals surface area (Å²) in [5, 5.41) is 11.7. The minimum absolute atomic E-state index is 0.0175. The minimum Gasteiger partial charge on any atom is -0.409 e. The summed E-state index contributed by atoms with van der Waals surface area (Å²) in [5.74, 6) is 0.702. The Morgan fingerprint density at radius 3 is 2.75 bits per heavy atom. The molecule has 1 amide bonds. The first-order chi connectivity index (χ1) is 9.65. The molecule has 1 fully saturated rings. The van der Waals surface area contributed by atoms with E-state index in [1.807, 2.05) is 4.90 Å². The fourth-order valence-electron chi connectivity index (χ4n) is 2.21. The third kappa shape index (κ3) is 3.50. The summed E-state index contributed by atoms with van der Waals surface area (Å²) in [6.45, 7) is 3.67. The lowest BCUT2D eigenvalue weighted by molar-refractivity contribution is 0.0747. The molecule has 1 aromatic carbocycles. The third-order valence-corrected chi connectivity index (χ3v) is 3.47. The van der Waals surface area contributed by atoms with Gasteiger partial charge in [-0.2, -0.15) is 0 Å². The number of hydrogen-bond acceptors (Lipinski definition) is 3. The second-order valence-corrected chi connectivity index (χ2v) is 5.26. The van der Waals surface area contributed by atoms with E-state index in [0.29, 0.717) is 17.0 Å². The van der Waals surface area contributed by atoms with Gasteiger partial charge < -0.3 is 15.8 Å². The number of nitrogens with zero attached hydrogens (tertiary/aromatic N) is 2. The topological polar surface area (TPSA) is 78.9 Å². The first kappa shape index (κ1) is 14.4. The van der Waals surface area contributed by atoms with Crippen LogP contribution in [0.25, 0.3) is 0 Å². The predicted octanol–water partition coefficient (Wildman–Crippen LogP) is 2.04. The molecule has 0 atom stereocenters. The van der Waals surface area contributed by atoms with Gasteiger partial charge in [-0.15, -0.1) is 0 Å². The summed E-state index contributed by atoms with van der Waals surface area (Å²) in [5.41, 5.74) is 6.71. The van der Waals surface area contributed by atoms with E-state index in [-0.39, 0.29) is 11.7 Å². The molecule has 0 unspecified atom stereocenters. The first-order valence-corrected chi connectivity index (χ1v) is 7.03. The Labute approximate surface area is 119 Å². The number of amidine groups is 1. The fraction of sp³-hybridized carbons (Fsp3) is 0.467. The Morgan fingerprint density at radius 2 is 2.15 bits per heavy atom. The first-order valence-electron chi connectivity index (χ1n) is 7.03. The highest BCUT2D eigenvalue weighted by Crippen LogP contribution is 2.30. The fourth-order valence-corrected chi connectivity index (χ4v) is 2.21. The van der Waals surface area contributed by atoms with Crippen LogP contribution >= 0.6 is 0 Å².